The fraction of sp³-hybridized carbons (Fsp3) is 0.455. The fourth-order valence-electron chi connectivity index (χ4n) is 4.27. The molecule has 2 aliphatic heterocycles. The van der Waals surface area contributed by atoms with Gasteiger partial charge in [-0.3, -0.25) is 19.3 Å². The summed E-state index contributed by atoms with van der Waals surface area (Å²) in [7, 11) is 1.27. The summed E-state index contributed by atoms with van der Waals surface area (Å²) in [5.74, 6) is -2.62. The average Bonchev–Trinajstić information content (AvgIpc) is 3.29. The molecule has 37 heavy (non-hydrogen) atoms. The maximum absolute atomic E-state index is 13.1. The van der Waals surface area contributed by atoms with Gasteiger partial charge < -0.3 is 31.2 Å². The molecule has 1 aromatic rings. The number of nitrogens with zero attached hydrogens (tertiary/aromatic N) is 4. The molecule has 1 fully saturated rings. The first-order valence-electron chi connectivity index (χ1n) is 11.4. The van der Waals surface area contributed by atoms with Crippen molar-refractivity contribution >= 4 is 57.6 Å². The molecule has 6 N–H and O–H groups in total. The van der Waals surface area contributed by atoms with E-state index in [1.807, 2.05) is 13.8 Å². The Kier molecular flexibility index (Phi) is 8.94. The summed E-state index contributed by atoms with van der Waals surface area (Å²) in [5, 5.41) is 17.6. The summed E-state index contributed by atoms with van der Waals surface area (Å²) in [6.45, 7) is 6.19. The van der Waals surface area contributed by atoms with Crippen LogP contribution < -0.4 is 16.8 Å². The van der Waals surface area contributed by atoms with Gasteiger partial charge in [0.25, 0.3) is 11.8 Å². The first kappa shape index (κ1) is 28.1. The number of oxime groups is 1. The van der Waals surface area contributed by atoms with Gasteiger partial charge in [-0.25, -0.2) is 9.78 Å². The first-order valence-corrected chi connectivity index (χ1v) is 13.3. The molecule has 0 aliphatic carbocycles. The molecule has 0 aromatic carbocycles. The molecule has 3 amide bonds. The lowest BCUT2D eigenvalue weighted by Gasteiger charge is -2.50. The summed E-state index contributed by atoms with van der Waals surface area (Å²) in [5.41, 5.74) is 11.5. The number of anilines is 1. The van der Waals surface area contributed by atoms with Crippen LogP contribution in [0.25, 0.3) is 0 Å². The minimum atomic E-state index is -1.21. The van der Waals surface area contributed by atoms with Gasteiger partial charge >= 0.3 is 5.97 Å². The molecule has 0 radical (unpaired) electrons. The summed E-state index contributed by atoms with van der Waals surface area (Å²) < 4.78 is 0.483. The number of nitrogens with two attached hydrogens (primary N) is 2. The van der Waals surface area contributed by atoms with Gasteiger partial charge in [0.2, 0.25) is 5.91 Å². The Hall–Kier alpha value is -3.43. The zero-order valence-corrected chi connectivity index (χ0v) is 22.3. The van der Waals surface area contributed by atoms with Gasteiger partial charge in [-0.1, -0.05) is 5.16 Å². The molecule has 0 unspecified atom stereocenters. The number of carboxylic acid groups (broad SMARTS) is 1. The number of carboxylic acids is 1. The van der Waals surface area contributed by atoms with E-state index in [1.165, 1.54) is 29.8 Å². The summed E-state index contributed by atoms with van der Waals surface area (Å²) >= 11 is 2.50. The van der Waals surface area contributed by atoms with Crippen molar-refractivity contribution in [3.8, 4) is 0 Å². The average molecular weight is 553 g/mol. The molecule has 1 saturated heterocycles. The van der Waals surface area contributed by atoms with Crippen molar-refractivity contribution in [3.05, 3.63) is 34.5 Å². The smallest absolute Gasteiger partial charge is 0.352 e. The number of carbonyl (C=O) groups is 4. The standard InChI is InChI=1S/C22H29N7O6S2/c1-4-29(5-2,8-6-7-14(23)30)9-12-10-36-20-16(19(32)28(20)17(12)21(33)34)26-18(31)15(27-35-3)13-11-37-22(24)25-13/h6-7,11,16,20H,4-5,8-10H2,1-3H3,(H5-,23,24,25,26,30,31,33,34)/p+1/b7-6+,27-15-/t16-,20-/m1/s1. The molecule has 1 aromatic heterocycles. The van der Waals surface area contributed by atoms with E-state index < -0.39 is 35.1 Å². The van der Waals surface area contributed by atoms with Crippen LogP contribution in [0.2, 0.25) is 0 Å². The molecule has 0 bridgehead atoms. The van der Waals surface area contributed by atoms with E-state index >= 15 is 0 Å². The maximum Gasteiger partial charge on any atom is 0.352 e. The van der Waals surface area contributed by atoms with Gasteiger partial charge in [0.1, 0.15) is 36.5 Å². The Morgan fingerprint density at radius 2 is 2.08 bits per heavy atom. The molecule has 0 saturated carbocycles. The van der Waals surface area contributed by atoms with Crippen LogP contribution in [0.5, 0.6) is 0 Å². The summed E-state index contributed by atoms with van der Waals surface area (Å²) in [6.07, 6.45) is 2.98. The lowest BCUT2D eigenvalue weighted by molar-refractivity contribution is -0.915. The molecule has 3 heterocycles. The van der Waals surface area contributed by atoms with Crippen LogP contribution in [-0.4, -0.2) is 99.3 Å². The number of thioether (sulfide) groups is 1. The van der Waals surface area contributed by atoms with Crippen molar-refractivity contribution in [2.45, 2.75) is 25.3 Å². The van der Waals surface area contributed by atoms with Gasteiger partial charge in [-0.2, -0.15) is 0 Å². The second-order valence-electron chi connectivity index (χ2n) is 8.43. The highest BCUT2D eigenvalue weighted by Crippen LogP contribution is 2.41. The van der Waals surface area contributed by atoms with E-state index in [-0.39, 0.29) is 22.2 Å². The highest BCUT2D eigenvalue weighted by Gasteiger charge is 2.55. The van der Waals surface area contributed by atoms with E-state index in [0.29, 0.717) is 42.0 Å². The van der Waals surface area contributed by atoms with Crippen molar-refractivity contribution in [2.24, 2.45) is 10.9 Å². The number of nitrogens with one attached hydrogen (secondary N) is 1. The third-order valence-electron chi connectivity index (χ3n) is 6.34. The highest BCUT2D eigenvalue weighted by atomic mass is 32.2. The number of β-lactam (4-membered cyclic amide) rings is 1. The Bertz CT molecular complexity index is 1170. The first-order chi connectivity index (χ1) is 17.6. The number of quaternary nitrogens is 1. The van der Waals surface area contributed by atoms with E-state index in [2.05, 4.69) is 15.5 Å². The Morgan fingerprint density at radius 3 is 2.62 bits per heavy atom. The third kappa shape index (κ3) is 5.94. The number of likely N-dealkylation sites (N-methyl/N-ethyl adjacent to an activating group) is 1. The van der Waals surface area contributed by atoms with Gasteiger partial charge in [-0.15, -0.1) is 23.1 Å². The number of amides is 3. The Labute approximate surface area is 221 Å². The van der Waals surface area contributed by atoms with Crippen molar-refractivity contribution in [2.75, 3.05) is 44.8 Å². The molecule has 13 nitrogen and oxygen atoms in total. The quantitative estimate of drug-likeness (QED) is 0.0887. The normalized spacial score (nSPS) is 20.0. The van der Waals surface area contributed by atoms with Crippen LogP contribution in [0.3, 0.4) is 0 Å². The van der Waals surface area contributed by atoms with E-state index in [1.54, 1.807) is 11.5 Å². The third-order valence-corrected chi connectivity index (χ3v) is 8.35. The number of rotatable bonds is 12. The second-order valence-corrected chi connectivity index (χ2v) is 10.4. The predicted octanol–water partition coefficient (Wildman–Crippen LogP) is -0.287. The van der Waals surface area contributed by atoms with Crippen molar-refractivity contribution in [1.29, 1.82) is 0 Å². The number of nitrogen functional groups attached to an aromatic ring is 1. The van der Waals surface area contributed by atoms with Crippen LogP contribution in [0.15, 0.2) is 34.0 Å². The molecule has 15 heteroatoms. The number of thiazole rings is 1. The lowest BCUT2D eigenvalue weighted by atomic mass is 10.0. The van der Waals surface area contributed by atoms with Gasteiger partial charge in [-0.05, 0) is 19.9 Å². The number of primary amides is 1. The zero-order chi connectivity index (χ0) is 27.3. The summed E-state index contributed by atoms with van der Waals surface area (Å²) in [6, 6.07) is -0.943. The second kappa shape index (κ2) is 11.7. The van der Waals surface area contributed by atoms with E-state index in [0.717, 1.165) is 11.3 Å². The number of hydrogen-bond donors (Lipinski definition) is 4. The molecular weight excluding hydrogens is 522 g/mol. The molecule has 0 spiro atoms. The maximum atomic E-state index is 13.1. The number of aliphatic carboxylic acids is 1. The van der Waals surface area contributed by atoms with Crippen LogP contribution >= 0.6 is 23.1 Å². The van der Waals surface area contributed by atoms with Crippen LogP contribution in [0.4, 0.5) is 5.13 Å². The molecule has 2 aliphatic rings. The van der Waals surface area contributed by atoms with Crippen LogP contribution in [0.1, 0.15) is 19.5 Å². The number of fused-ring (bicyclic) bond motifs is 1. The highest BCUT2D eigenvalue weighted by molar-refractivity contribution is 8.00. The molecular formula is C22H30N7O6S2+. The Balaban J connectivity index is 1.82. The zero-order valence-electron chi connectivity index (χ0n) is 20.7. The minimum absolute atomic E-state index is 0.0689. The van der Waals surface area contributed by atoms with E-state index in [4.69, 9.17) is 16.3 Å². The minimum Gasteiger partial charge on any atom is -0.477 e. The fourth-order valence-corrected chi connectivity index (χ4v) is 6.16. The van der Waals surface area contributed by atoms with Crippen molar-refractivity contribution in [1.82, 2.24) is 15.2 Å². The molecule has 200 valence electrons. The number of hydrogen-bond acceptors (Lipinski definition) is 10. The number of aromatic nitrogens is 1. The molecule has 2 atom stereocenters. The monoisotopic (exact) mass is 552 g/mol. The van der Waals surface area contributed by atoms with Gasteiger partial charge in [0, 0.05) is 22.8 Å². The van der Waals surface area contributed by atoms with Gasteiger partial charge in [0.15, 0.2) is 10.8 Å². The molecule has 3 rings (SSSR count). The van der Waals surface area contributed by atoms with Crippen molar-refractivity contribution < 1.29 is 33.6 Å². The summed E-state index contributed by atoms with van der Waals surface area (Å²) in [4.78, 5) is 59.4. The topological polar surface area (TPSA) is 190 Å². The predicted molar refractivity (Wildman–Crippen MR) is 139 cm³/mol. The largest absolute Gasteiger partial charge is 0.477 e. The van der Waals surface area contributed by atoms with Crippen LogP contribution in [0, 0.1) is 0 Å². The lowest BCUT2D eigenvalue weighted by Crippen LogP contribution is -2.71. The van der Waals surface area contributed by atoms with E-state index in [9.17, 15) is 24.3 Å². The van der Waals surface area contributed by atoms with Gasteiger partial charge in [0.05, 0.1) is 19.6 Å². The van der Waals surface area contributed by atoms with Crippen LogP contribution in [-0.2, 0) is 24.0 Å². The van der Waals surface area contributed by atoms with Crippen molar-refractivity contribution in [3.63, 3.8) is 0 Å². The number of carbonyl (C=O) groups excluding carboxylic acids is 3. The Morgan fingerprint density at radius 1 is 1.38 bits per heavy atom. The SMILES string of the molecule is CC[N+](CC)(C/C=C/C(N)=O)CC1=C(C(=O)O)N2C(=O)[C@@H](NC(=O)/C(=N\OC)c3csc(N)n3)[C@H]2SC1.